The number of hydrogen-bond donors (Lipinski definition) is 1. The van der Waals surface area contributed by atoms with Gasteiger partial charge >= 0.3 is 0 Å². The smallest absolute Gasteiger partial charge is 0.269 e. The van der Waals surface area contributed by atoms with Crippen LogP contribution in [0.5, 0.6) is 0 Å². The first-order valence-corrected chi connectivity index (χ1v) is 6.46. The SMILES string of the molecule is CC(C)(C)OCCNCCc1ccc([N+](=O)[O-])cc1. The fourth-order valence-corrected chi connectivity index (χ4v) is 1.57. The summed E-state index contributed by atoms with van der Waals surface area (Å²) in [4.78, 5) is 10.1. The molecule has 1 aromatic carbocycles. The fraction of sp³-hybridized carbons (Fsp3) is 0.571. The van der Waals surface area contributed by atoms with Crippen LogP contribution in [0.1, 0.15) is 26.3 Å². The van der Waals surface area contributed by atoms with Crippen molar-refractivity contribution < 1.29 is 9.66 Å². The molecule has 0 atom stereocenters. The first-order chi connectivity index (χ1) is 8.88. The number of nitrogens with one attached hydrogen (secondary N) is 1. The summed E-state index contributed by atoms with van der Waals surface area (Å²) >= 11 is 0. The maximum absolute atomic E-state index is 10.5. The number of nitro groups is 1. The van der Waals surface area contributed by atoms with Gasteiger partial charge in [0.1, 0.15) is 0 Å². The Kier molecular flexibility index (Phi) is 5.92. The molecule has 0 radical (unpaired) electrons. The molecule has 0 heterocycles. The zero-order valence-electron chi connectivity index (χ0n) is 11.8. The molecule has 0 amide bonds. The van der Waals surface area contributed by atoms with Gasteiger partial charge in [-0.3, -0.25) is 10.1 Å². The third-order valence-corrected chi connectivity index (χ3v) is 2.55. The van der Waals surface area contributed by atoms with Gasteiger partial charge < -0.3 is 10.1 Å². The maximum Gasteiger partial charge on any atom is 0.269 e. The van der Waals surface area contributed by atoms with E-state index in [1.54, 1.807) is 12.1 Å². The van der Waals surface area contributed by atoms with Crippen LogP contribution in [0, 0.1) is 10.1 Å². The minimum Gasteiger partial charge on any atom is -0.375 e. The van der Waals surface area contributed by atoms with Gasteiger partial charge in [-0.15, -0.1) is 0 Å². The Bertz CT molecular complexity index is 396. The normalized spacial score (nSPS) is 11.5. The van der Waals surface area contributed by atoms with E-state index < -0.39 is 0 Å². The highest BCUT2D eigenvalue weighted by atomic mass is 16.6. The average molecular weight is 266 g/mol. The number of ether oxygens (including phenoxy) is 1. The van der Waals surface area contributed by atoms with Crippen molar-refractivity contribution in [2.45, 2.75) is 32.8 Å². The molecule has 0 bridgehead atoms. The van der Waals surface area contributed by atoms with Gasteiger partial charge in [0.2, 0.25) is 0 Å². The largest absolute Gasteiger partial charge is 0.375 e. The second kappa shape index (κ2) is 7.21. The van der Waals surface area contributed by atoms with Crippen LogP contribution in [0.15, 0.2) is 24.3 Å². The molecule has 0 spiro atoms. The first-order valence-electron chi connectivity index (χ1n) is 6.46. The molecule has 1 rings (SSSR count). The van der Waals surface area contributed by atoms with Crippen LogP contribution in [0.3, 0.4) is 0 Å². The van der Waals surface area contributed by atoms with Crippen LogP contribution >= 0.6 is 0 Å². The van der Waals surface area contributed by atoms with Crippen LogP contribution in [0.25, 0.3) is 0 Å². The van der Waals surface area contributed by atoms with Gasteiger partial charge in [0.15, 0.2) is 0 Å². The minimum atomic E-state index is -0.383. The molecule has 106 valence electrons. The van der Waals surface area contributed by atoms with E-state index >= 15 is 0 Å². The second-order valence-corrected chi connectivity index (χ2v) is 5.38. The van der Waals surface area contributed by atoms with E-state index in [2.05, 4.69) is 5.32 Å². The summed E-state index contributed by atoms with van der Waals surface area (Å²) in [6, 6.07) is 6.67. The van der Waals surface area contributed by atoms with E-state index in [0.29, 0.717) is 6.61 Å². The Morgan fingerprint density at radius 2 is 1.84 bits per heavy atom. The Morgan fingerprint density at radius 3 is 2.37 bits per heavy atom. The van der Waals surface area contributed by atoms with Gasteiger partial charge in [0.25, 0.3) is 5.69 Å². The highest BCUT2D eigenvalue weighted by molar-refractivity contribution is 5.32. The predicted octanol–water partition coefficient (Wildman–Crippen LogP) is 2.54. The molecule has 0 aliphatic rings. The van der Waals surface area contributed by atoms with Crippen LogP contribution in [-0.4, -0.2) is 30.2 Å². The van der Waals surface area contributed by atoms with Crippen molar-refractivity contribution in [2.75, 3.05) is 19.7 Å². The van der Waals surface area contributed by atoms with Gasteiger partial charge in [-0.25, -0.2) is 0 Å². The Balaban J connectivity index is 2.17. The standard InChI is InChI=1S/C14H22N2O3/c1-14(2,3)19-11-10-15-9-8-12-4-6-13(7-5-12)16(17)18/h4-7,15H,8-11H2,1-3H3. The lowest BCUT2D eigenvalue weighted by molar-refractivity contribution is -0.384. The van der Waals surface area contributed by atoms with Crippen molar-refractivity contribution in [2.24, 2.45) is 0 Å². The van der Waals surface area contributed by atoms with E-state index in [-0.39, 0.29) is 16.2 Å². The quantitative estimate of drug-likeness (QED) is 0.468. The van der Waals surface area contributed by atoms with Gasteiger partial charge in [-0.1, -0.05) is 12.1 Å². The Hall–Kier alpha value is -1.46. The van der Waals surface area contributed by atoms with Crippen LogP contribution in [0.2, 0.25) is 0 Å². The van der Waals surface area contributed by atoms with E-state index in [0.717, 1.165) is 25.1 Å². The van der Waals surface area contributed by atoms with E-state index in [1.165, 1.54) is 12.1 Å². The van der Waals surface area contributed by atoms with Crippen molar-refractivity contribution in [1.29, 1.82) is 0 Å². The van der Waals surface area contributed by atoms with Crippen molar-refractivity contribution in [3.8, 4) is 0 Å². The van der Waals surface area contributed by atoms with Crippen LogP contribution < -0.4 is 5.32 Å². The highest BCUT2D eigenvalue weighted by Gasteiger charge is 2.08. The summed E-state index contributed by atoms with van der Waals surface area (Å²) in [5.74, 6) is 0. The predicted molar refractivity (Wildman–Crippen MR) is 75.4 cm³/mol. The molecule has 19 heavy (non-hydrogen) atoms. The molecule has 0 aliphatic carbocycles. The molecule has 5 heteroatoms. The zero-order valence-corrected chi connectivity index (χ0v) is 11.8. The molecular weight excluding hydrogens is 244 g/mol. The molecule has 1 aromatic rings. The Labute approximate surface area is 114 Å². The lowest BCUT2D eigenvalue weighted by atomic mass is 10.1. The van der Waals surface area contributed by atoms with E-state index in [4.69, 9.17) is 4.74 Å². The molecule has 0 saturated carbocycles. The van der Waals surface area contributed by atoms with Crippen molar-refractivity contribution in [3.63, 3.8) is 0 Å². The summed E-state index contributed by atoms with van der Waals surface area (Å²) in [6.45, 7) is 8.43. The molecule has 0 aliphatic heterocycles. The number of nitro benzene ring substituents is 1. The topological polar surface area (TPSA) is 64.4 Å². The lowest BCUT2D eigenvalue weighted by Crippen LogP contribution is -2.27. The van der Waals surface area contributed by atoms with Gasteiger partial charge in [0, 0.05) is 18.7 Å². The number of rotatable bonds is 7. The number of nitrogens with zero attached hydrogens (tertiary/aromatic N) is 1. The lowest BCUT2D eigenvalue weighted by Gasteiger charge is -2.19. The molecule has 1 N–H and O–H groups in total. The number of non-ortho nitro benzene ring substituents is 1. The maximum atomic E-state index is 10.5. The monoisotopic (exact) mass is 266 g/mol. The van der Waals surface area contributed by atoms with Gasteiger partial charge in [-0.05, 0) is 39.3 Å². The summed E-state index contributed by atoms with van der Waals surface area (Å²) in [6.07, 6.45) is 0.855. The minimum absolute atomic E-state index is 0.0972. The molecule has 5 nitrogen and oxygen atoms in total. The van der Waals surface area contributed by atoms with E-state index in [9.17, 15) is 10.1 Å². The van der Waals surface area contributed by atoms with Crippen molar-refractivity contribution >= 4 is 5.69 Å². The molecule has 0 aromatic heterocycles. The summed E-state index contributed by atoms with van der Waals surface area (Å²) < 4.78 is 5.59. The Morgan fingerprint density at radius 1 is 1.21 bits per heavy atom. The summed E-state index contributed by atoms with van der Waals surface area (Å²) in [5, 5.41) is 13.8. The summed E-state index contributed by atoms with van der Waals surface area (Å²) in [5.41, 5.74) is 1.13. The number of benzene rings is 1. The van der Waals surface area contributed by atoms with E-state index in [1.807, 2.05) is 20.8 Å². The molecule has 0 unspecified atom stereocenters. The first kappa shape index (κ1) is 15.6. The van der Waals surface area contributed by atoms with Crippen molar-refractivity contribution in [1.82, 2.24) is 5.32 Å². The average Bonchev–Trinajstić information content (AvgIpc) is 2.33. The third-order valence-electron chi connectivity index (χ3n) is 2.55. The number of hydrogen-bond acceptors (Lipinski definition) is 4. The third kappa shape index (κ3) is 6.88. The highest BCUT2D eigenvalue weighted by Crippen LogP contribution is 2.11. The fourth-order valence-electron chi connectivity index (χ4n) is 1.57. The van der Waals surface area contributed by atoms with Crippen molar-refractivity contribution in [3.05, 3.63) is 39.9 Å². The molecular formula is C14H22N2O3. The van der Waals surface area contributed by atoms with Gasteiger partial charge in [0.05, 0.1) is 17.1 Å². The van der Waals surface area contributed by atoms with Gasteiger partial charge in [-0.2, -0.15) is 0 Å². The molecule has 0 fully saturated rings. The zero-order chi connectivity index (χ0) is 14.3. The van der Waals surface area contributed by atoms with Crippen LogP contribution in [0.4, 0.5) is 5.69 Å². The second-order valence-electron chi connectivity index (χ2n) is 5.38. The summed E-state index contributed by atoms with van der Waals surface area (Å²) in [7, 11) is 0. The molecule has 0 saturated heterocycles. The van der Waals surface area contributed by atoms with Crippen LogP contribution in [-0.2, 0) is 11.2 Å².